The lowest BCUT2D eigenvalue weighted by molar-refractivity contribution is 0.0621. The second kappa shape index (κ2) is 9.51. The Morgan fingerprint density at radius 3 is 2.37 bits per heavy atom. The van der Waals surface area contributed by atoms with Gasteiger partial charge >= 0.3 is 0 Å². The van der Waals surface area contributed by atoms with Gasteiger partial charge < -0.3 is 9.64 Å². The lowest BCUT2D eigenvalue weighted by atomic mass is 10.2. The third-order valence-corrected chi connectivity index (χ3v) is 5.74. The summed E-state index contributed by atoms with van der Waals surface area (Å²) in [5.74, 6) is 0.515. The van der Waals surface area contributed by atoms with Crippen LogP contribution in [0.15, 0.2) is 60.8 Å². The van der Waals surface area contributed by atoms with E-state index in [4.69, 9.17) is 27.9 Å². The monoisotopic (exact) mass is 444 g/mol. The fourth-order valence-corrected chi connectivity index (χ4v) is 3.77. The van der Waals surface area contributed by atoms with Gasteiger partial charge in [-0.3, -0.25) is 9.69 Å². The van der Waals surface area contributed by atoms with Gasteiger partial charge in [0.2, 0.25) is 0 Å². The van der Waals surface area contributed by atoms with Crippen LogP contribution in [-0.2, 0) is 13.3 Å². The molecule has 1 aliphatic rings. The number of para-hydroxylation sites is 1. The van der Waals surface area contributed by atoms with Crippen molar-refractivity contribution >= 4 is 29.1 Å². The molecule has 2 heterocycles. The van der Waals surface area contributed by atoms with Crippen LogP contribution < -0.4 is 4.74 Å². The number of amides is 1. The van der Waals surface area contributed by atoms with Gasteiger partial charge in [0.15, 0.2) is 12.4 Å². The molecule has 0 unspecified atom stereocenters. The molecule has 2 aromatic carbocycles. The third kappa shape index (κ3) is 4.95. The number of benzene rings is 2. The highest BCUT2D eigenvalue weighted by atomic mass is 35.5. The minimum Gasteiger partial charge on any atom is -0.470 e. The van der Waals surface area contributed by atoms with Crippen LogP contribution in [0.2, 0.25) is 10.0 Å². The van der Waals surface area contributed by atoms with Crippen molar-refractivity contribution in [3.8, 4) is 5.75 Å². The number of hydrogen-bond acceptors (Lipinski definition) is 4. The molecule has 8 heteroatoms. The Morgan fingerprint density at radius 1 is 0.933 bits per heavy atom. The van der Waals surface area contributed by atoms with E-state index in [1.54, 1.807) is 29.1 Å². The maximum Gasteiger partial charge on any atom is 0.274 e. The number of piperazine rings is 1. The maximum atomic E-state index is 12.8. The summed E-state index contributed by atoms with van der Waals surface area (Å²) in [5.41, 5.74) is 1.52. The molecule has 0 saturated carbocycles. The van der Waals surface area contributed by atoms with Gasteiger partial charge in [0, 0.05) is 43.9 Å². The van der Waals surface area contributed by atoms with E-state index in [9.17, 15) is 4.79 Å². The molecular formula is C22H22Cl2N4O2. The minimum atomic E-state index is -0.0658. The molecule has 3 aromatic rings. The van der Waals surface area contributed by atoms with E-state index < -0.39 is 0 Å². The highest BCUT2D eigenvalue weighted by Crippen LogP contribution is 2.23. The van der Waals surface area contributed by atoms with Crippen molar-refractivity contribution in [2.45, 2.75) is 13.3 Å². The molecule has 156 valence electrons. The summed E-state index contributed by atoms with van der Waals surface area (Å²) in [6.45, 7) is 3.89. The molecule has 0 radical (unpaired) electrons. The molecule has 30 heavy (non-hydrogen) atoms. The standard InChI is InChI=1S/C22H22Cl2N4O2/c23-18-6-2-1-5-17(18)15-26-11-13-27(14-12-26)22(29)20-9-10-28(25-20)16-30-21-8-4-3-7-19(21)24/h1-10H,11-16H2. The molecule has 0 aliphatic carbocycles. The van der Waals surface area contributed by atoms with Crippen LogP contribution in [0.4, 0.5) is 0 Å². The first-order valence-electron chi connectivity index (χ1n) is 9.76. The molecule has 1 aliphatic heterocycles. The van der Waals surface area contributed by atoms with Crippen molar-refractivity contribution in [3.05, 3.63) is 82.1 Å². The molecular weight excluding hydrogens is 423 g/mol. The fraction of sp³-hybridized carbons (Fsp3) is 0.273. The number of halogens is 2. The minimum absolute atomic E-state index is 0.0658. The first-order valence-corrected chi connectivity index (χ1v) is 10.5. The third-order valence-electron chi connectivity index (χ3n) is 5.06. The number of carbonyl (C=O) groups is 1. The summed E-state index contributed by atoms with van der Waals surface area (Å²) in [7, 11) is 0. The molecule has 1 amide bonds. The van der Waals surface area contributed by atoms with Gasteiger partial charge in [0.05, 0.1) is 5.02 Å². The van der Waals surface area contributed by atoms with E-state index in [1.807, 2.05) is 41.3 Å². The molecule has 0 spiro atoms. The van der Waals surface area contributed by atoms with Gasteiger partial charge in [-0.2, -0.15) is 5.10 Å². The van der Waals surface area contributed by atoms with Gasteiger partial charge in [-0.05, 0) is 29.8 Å². The van der Waals surface area contributed by atoms with Crippen molar-refractivity contribution in [1.82, 2.24) is 19.6 Å². The topological polar surface area (TPSA) is 50.6 Å². The smallest absolute Gasteiger partial charge is 0.274 e. The molecule has 0 bridgehead atoms. The average Bonchev–Trinajstić information content (AvgIpc) is 3.24. The molecule has 1 fully saturated rings. The molecule has 1 aromatic heterocycles. The first kappa shape index (κ1) is 20.7. The predicted octanol–water partition coefficient (Wildman–Crippen LogP) is 4.18. The summed E-state index contributed by atoms with van der Waals surface area (Å²) in [6.07, 6.45) is 1.73. The fourth-order valence-electron chi connectivity index (χ4n) is 3.38. The Labute approximate surface area is 185 Å². The van der Waals surface area contributed by atoms with Crippen LogP contribution in [0.25, 0.3) is 0 Å². The van der Waals surface area contributed by atoms with Crippen LogP contribution in [0, 0.1) is 0 Å². The van der Waals surface area contributed by atoms with Gasteiger partial charge in [-0.15, -0.1) is 0 Å². The molecule has 1 saturated heterocycles. The van der Waals surface area contributed by atoms with Gasteiger partial charge in [0.1, 0.15) is 5.75 Å². The van der Waals surface area contributed by atoms with Crippen LogP contribution in [0.3, 0.4) is 0 Å². The summed E-state index contributed by atoms with van der Waals surface area (Å²) >= 11 is 12.4. The zero-order chi connectivity index (χ0) is 20.9. The van der Waals surface area contributed by atoms with E-state index in [0.717, 1.165) is 30.2 Å². The highest BCUT2D eigenvalue weighted by molar-refractivity contribution is 6.32. The average molecular weight is 445 g/mol. The van der Waals surface area contributed by atoms with Crippen molar-refractivity contribution in [2.75, 3.05) is 26.2 Å². The van der Waals surface area contributed by atoms with E-state index >= 15 is 0 Å². The van der Waals surface area contributed by atoms with Crippen LogP contribution in [0.1, 0.15) is 16.1 Å². The number of ether oxygens (including phenoxy) is 1. The first-order chi connectivity index (χ1) is 14.6. The van der Waals surface area contributed by atoms with Crippen LogP contribution >= 0.6 is 23.2 Å². The molecule has 4 rings (SSSR count). The van der Waals surface area contributed by atoms with Gasteiger partial charge in [-0.1, -0.05) is 53.5 Å². The van der Waals surface area contributed by atoms with E-state index in [-0.39, 0.29) is 12.6 Å². The Morgan fingerprint density at radius 2 is 1.63 bits per heavy atom. The van der Waals surface area contributed by atoms with Crippen molar-refractivity contribution in [1.29, 1.82) is 0 Å². The second-order valence-electron chi connectivity index (χ2n) is 7.10. The quantitative estimate of drug-likeness (QED) is 0.571. The maximum absolute atomic E-state index is 12.8. The number of rotatable bonds is 6. The SMILES string of the molecule is O=C(c1ccn(COc2ccccc2Cl)n1)N1CCN(Cc2ccccc2Cl)CC1. The summed E-state index contributed by atoms with van der Waals surface area (Å²) in [5, 5.41) is 5.67. The molecule has 0 atom stereocenters. The number of carbonyl (C=O) groups excluding carboxylic acids is 1. The highest BCUT2D eigenvalue weighted by Gasteiger charge is 2.24. The summed E-state index contributed by atoms with van der Waals surface area (Å²) in [4.78, 5) is 17.0. The zero-order valence-corrected chi connectivity index (χ0v) is 17.9. The molecule has 6 nitrogen and oxygen atoms in total. The zero-order valence-electron chi connectivity index (χ0n) is 16.4. The Bertz CT molecular complexity index is 1020. The lowest BCUT2D eigenvalue weighted by Gasteiger charge is -2.34. The van der Waals surface area contributed by atoms with Crippen LogP contribution in [-0.4, -0.2) is 51.7 Å². The number of hydrogen-bond donors (Lipinski definition) is 0. The molecule has 0 N–H and O–H groups in total. The Balaban J connectivity index is 1.29. The van der Waals surface area contributed by atoms with Crippen molar-refractivity contribution < 1.29 is 9.53 Å². The summed E-state index contributed by atoms with van der Waals surface area (Å²) < 4.78 is 7.26. The Kier molecular flexibility index (Phi) is 6.57. The number of nitrogens with zero attached hydrogens (tertiary/aromatic N) is 4. The number of aromatic nitrogens is 2. The van der Waals surface area contributed by atoms with Crippen molar-refractivity contribution in [3.63, 3.8) is 0 Å². The lowest BCUT2D eigenvalue weighted by Crippen LogP contribution is -2.48. The summed E-state index contributed by atoms with van der Waals surface area (Å²) in [6, 6.07) is 16.8. The van der Waals surface area contributed by atoms with Crippen LogP contribution in [0.5, 0.6) is 5.75 Å². The largest absolute Gasteiger partial charge is 0.470 e. The van der Waals surface area contributed by atoms with Gasteiger partial charge in [0.25, 0.3) is 5.91 Å². The van der Waals surface area contributed by atoms with E-state index in [1.165, 1.54) is 0 Å². The predicted molar refractivity (Wildman–Crippen MR) is 117 cm³/mol. The second-order valence-corrected chi connectivity index (χ2v) is 7.92. The van der Waals surface area contributed by atoms with E-state index in [2.05, 4.69) is 10.00 Å². The normalized spacial score (nSPS) is 14.7. The Hall–Kier alpha value is -2.54. The van der Waals surface area contributed by atoms with E-state index in [0.29, 0.717) is 29.6 Å². The van der Waals surface area contributed by atoms with Crippen molar-refractivity contribution in [2.24, 2.45) is 0 Å². The van der Waals surface area contributed by atoms with Gasteiger partial charge in [-0.25, -0.2) is 4.68 Å².